The number of amides is 2. The lowest BCUT2D eigenvalue weighted by Crippen LogP contribution is -2.50. The zero-order valence-corrected chi connectivity index (χ0v) is 15.1. The molecule has 9 heteroatoms. The van der Waals surface area contributed by atoms with Crippen LogP contribution in [0.15, 0.2) is 35.5 Å². The largest absolute Gasteiger partial charge is 0.482 e. The highest BCUT2D eigenvalue weighted by Crippen LogP contribution is 2.17. The highest BCUT2D eigenvalue weighted by molar-refractivity contribution is 6.30. The van der Waals surface area contributed by atoms with E-state index in [0.717, 1.165) is 0 Å². The van der Waals surface area contributed by atoms with E-state index in [1.54, 1.807) is 38.1 Å². The first-order chi connectivity index (χ1) is 12.4. The van der Waals surface area contributed by atoms with Gasteiger partial charge in [0.05, 0.1) is 23.9 Å². The van der Waals surface area contributed by atoms with Crippen LogP contribution in [-0.2, 0) is 19.1 Å². The second kappa shape index (κ2) is 9.10. The molecule has 0 fully saturated rings. The van der Waals surface area contributed by atoms with Gasteiger partial charge >= 0.3 is 18.0 Å². The second-order valence-electron chi connectivity index (χ2n) is 5.34. The molecule has 1 heterocycles. The van der Waals surface area contributed by atoms with Crippen LogP contribution in [0.1, 0.15) is 13.8 Å². The van der Waals surface area contributed by atoms with Crippen molar-refractivity contribution in [3.05, 3.63) is 40.6 Å². The Morgan fingerprint density at radius 3 is 2.73 bits per heavy atom. The minimum Gasteiger partial charge on any atom is -0.482 e. The molecule has 0 spiro atoms. The topological polar surface area (TPSA) is 103 Å². The van der Waals surface area contributed by atoms with E-state index < -0.39 is 24.0 Å². The minimum atomic E-state index is -0.666. The van der Waals surface area contributed by atoms with Gasteiger partial charge in [-0.25, -0.2) is 14.4 Å². The monoisotopic (exact) mass is 382 g/mol. The van der Waals surface area contributed by atoms with Crippen molar-refractivity contribution in [2.24, 2.45) is 0 Å². The van der Waals surface area contributed by atoms with Gasteiger partial charge in [0.25, 0.3) is 0 Å². The summed E-state index contributed by atoms with van der Waals surface area (Å²) < 4.78 is 15.3. The molecule has 0 bridgehead atoms. The van der Waals surface area contributed by atoms with Gasteiger partial charge in [-0.3, -0.25) is 0 Å². The number of ether oxygens (including phenoxy) is 3. The van der Waals surface area contributed by atoms with Crippen molar-refractivity contribution in [3.8, 4) is 5.75 Å². The molecule has 0 saturated heterocycles. The van der Waals surface area contributed by atoms with Crippen molar-refractivity contribution >= 4 is 29.6 Å². The van der Waals surface area contributed by atoms with Crippen molar-refractivity contribution in [2.45, 2.75) is 19.9 Å². The molecule has 1 atom stereocenters. The molecule has 2 rings (SSSR count). The average Bonchev–Trinajstić information content (AvgIpc) is 2.57. The van der Waals surface area contributed by atoms with E-state index in [1.807, 2.05) is 0 Å². The number of benzene rings is 1. The van der Waals surface area contributed by atoms with E-state index in [0.29, 0.717) is 10.8 Å². The van der Waals surface area contributed by atoms with E-state index in [1.165, 1.54) is 0 Å². The van der Waals surface area contributed by atoms with Crippen LogP contribution in [0.5, 0.6) is 5.75 Å². The maximum Gasteiger partial charge on any atom is 0.344 e. The number of hydrogen-bond acceptors (Lipinski definition) is 6. The Hall–Kier alpha value is -2.74. The number of nitrogens with one attached hydrogen (secondary N) is 2. The summed E-state index contributed by atoms with van der Waals surface area (Å²) >= 11 is 5.83. The van der Waals surface area contributed by atoms with E-state index in [2.05, 4.69) is 10.6 Å². The number of esters is 2. The van der Waals surface area contributed by atoms with Crippen molar-refractivity contribution in [1.29, 1.82) is 0 Å². The molecule has 26 heavy (non-hydrogen) atoms. The first kappa shape index (κ1) is 19.6. The highest BCUT2D eigenvalue weighted by atomic mass is 35.5. The van der Waals surface area contributed by atoms with Gasteiger partial charge in [-0.2, -0.15) is 0 Å². The van der Waals surface area contributed by atoms with Gasteiger partial charge in [0.1, 0.15) is 12.4 Å². The first-order valence-electron chi connectivity index (χ1n) is 7.92. The summed E-state index contributed by atoms with van der Waals surface area (Å²) in [5.41, 5.74) is 0.380. The molecule has 2 N–H and O–H groups in total. The molecule has 0 aromatic heterocycles. The lowest BCUT2D eigenvalue weighted by Gasteiger charge is -2.26. The molecule has 1 aromatic rings. The smallest absolute Gasteiger partial charge is 0.344 e. The standard InChI is InChI=1S/C17H19ClN2O6/c1-3-24-16(22)15-10(2)19-17(23)20-13(15)8-26-14(21)9-25-12-6-4-5-11(18)7-12/h4-7,10H,3,8-9H2,1-2H3,(H2,19,20,23). The first-order valence-corrected chi connectivity index (χ1v) is 8.30. The maximum absolute atomic E-state index is 12.1. The van der Waals surface area contributed by atoms with Crippen LogP contribution in [0, 0.1) is 0 Å². The van der Waals surface area contributed by atoms with Crippen LogP contribution in [0.4, 0.5) is 4.79 Å². The summed E-state index contributed by atoms with van der Waals surface area (Å²) in [6.07, 6.45) is 0. The fraction of sp³-hybridized carbons (Fsp3) is 0.353. The summed E-state index contributed by atoms with van der Waals surface area (Å²) in [5, 5.41) is 5.50. The normalized spacial score (nSPS) is 16.4. The Morgan fingerprint density at radius 1 is 1.27 bits per heavy atom. The van der Waals surface area contributed by atoms with Crippen molar-refractivity contribution < 1.29 is 28.6 Å². The molecule has 1 aliphatic rings. The van der Waals surface area contributed by atoms with Crippen LogP contribution >= 0.6 is 11.6 Å². The predicted molar refractivity (Wildman–Crippen MR) is 92.7 cm³/mol. The van der Waals surface area contributed by atoms with Crippen LogP contribution in [0.25, 0.3) is 0 Å². The van der Waals surface area contributed by atoms with Gasteiger partial charge < -0.3 is 24.8 Å². The zero-order chi connectivity index (χ0) is 19.1. The SMILES string of the molecule is CCOC(=O)C1=C(COC(=O)COc2cccc(Cl)c2)NC(=O)NC1C. The fourth-order valence-electron chi connectivity index (χ4n) is 2.29. The van der Waals surface area contributed by atoms with Crippen LogP contribution in [0.2, 0.25) is 5.02 Å². The fourth-order valence-corrected chi connectivity index (χ4v) is 2.47. The maximum atomic E-state index is 12.1. The number of carbonyl (C=O) groups is 3. The van der Waals surface area contributed by atoms with Crippen molar-refractivity contribution in [3.63, 3.8) is 0 Å². The number of hydrogen-bond donors (Lipinski definition) is 2. The molecule has 2 amide bonds. The molecule has 1 aromatic carbocycles. The Bertz CT molecular complexity index is 734. The highest BCUT2D eigenvalue weighted by Gasteiger charge is 2.30. The second-order valence-corrected chi connectivity index (χ2v) is 5.78. The average molecular weight is 383 g/mol. The molecule has 1 aliphatic heterocycles. The lowest BCUT2D eigenvalue weighted by molar-refractivity contribution is -0.145. The van der Waals surface area contributed by atoms with Gasteiger partial charge in [-0.05, 0) is 32.0 Å². The van der Waals surface area contributed by atoms with Gasteiger partial charge in [-0.15, -0.1) is 0 Å². The third kappa shape index (κ3) is 5.38. The molecule has 0 saturated carbocycles. The van der Waals surface area contributed by atoms with E-state index in [9.17, 15) is 14.4 Å². The third-order valence-electron chi connectivity index (χ3n) is 3.40. The molecule has 1 unspecified atom stereocenters. The zero-order valence-electron chi connectivity index (χ0n) is 14.3. The van der Waals surface area contributed by atoms with Crippen LogP contribution in [-0.4, -0.2) is 43.8 Å². The molecule has 140 valence electrons. The Labute approximate surface area is 155 Å². The van der Waals surface area contributed by atoms with Gasteiger partial charge in [-0.1, -0.05) is 17.7 Å². The summed E-state index contributed by atoms with van der Waals surface area (Å²) in [7, 11) is 0. The summed E-state index contributed by atoms with van der Waals surface area (Å²) in [4.78, 5) is 35.5. The molecule has 8 nitrogen and oxygen atoms in total. The molecular formula is C17H19ClN2O6. The van der Waals surface area contributed by atoms with Crippen molar-refractivity contribution in [1.82, 2.24) is 10.6 Å². The lowest BCUT2D eigenvalue weighted by atomic mass is 10.0. The summed E-state index contributed by atoms with van der Waals surface area (Å²) in [6, 6.07) is 5.51. The molecule has 0 aliphatic carbocycles. The van der Waals surface area contributed by atoms with E-state index in [4.69, 9.17) is 25.8 Å². The van der Waals surface area contributed by atoms with E-state index >= 15 is 0 Å². The minimum absolute atomic E-state index is 0.177. The number of urea groups is 1. The molecule has 0 radical (unpaired) electrons. The van der Waals surface area contributed by atoms with Crippen molar-refractivity contribution in [2.75, 3.05) is 19.8 Å². The third-order valence-corrected chi connectivity index (χ3v) is 3.63. The van der Waals surface area contributed by atoms with Gasteiger partial charge in [0.2, 0.25) is 0 Å². The Balaban J connectivity index is 1.97. The quantitative estimate of drug-likeness (QED) is 0.697. The Kier molecular flexibility index (Phi) is 6.85. The summed E-state index contributed by atoms with van der Waals surface area (Å²) in [5.74, 6) is -0.834. The number of halogens is 1. The van der Waals surface area contributed by atoms with Gasteiger partial charge in [0.15, 0.2) is 6.61 Å². The predicted octanol–water partition coefficient (Wildman–Crippen LogP) is 1.78. The molecular weight excluding hydrogens is 364 g/mol. The van der Waals surface area contributed by atoms with Crippen LogP contribution in [0.3, 0.4) is 0 Å². The summed E-state index contributed by atoms with van der Waals surface area (Å²) in [6.45, 7) is 2.86. The van der Waals surface area contributed by atoms with Crippen LogP contribution < -0.4 is 15.4 Å². The number of carbonyl (C=O) groups excluding carboxylic acids is 3. The van der Waals surface area contributed by atoms with Gasteiger partial charge in [0, 0.05) is 5.02 Å². The number of rotatable bonds is 7. The van der Waals surface area contributed by atoms with E-state index in [-0.39, 0.29) is 31.1 Å². The Morgan fingerprint density at radius 2 is 2.04 bits per heavy atom.